The van der Waals surface area contributed by atoms with Crippen LogP contribution in [0.5, 0.6) is 5.75 Å². The zero-order valence-electron chi connectivity index (χ0n) is 20.4. The molecule has 3 aromatic carbocycles. The molecule has 37 heavy (non-hydrogen) atoms. The zero-order valence-corrected chi connectivity index (χ0v) is 21.2. The Morgan fingerprint density at radius 2 is 1.76 bits per heavy atom. The smallest absolute Gasteiger partial charge is 0.446 e. The number of hydrazine groups is 1. The third-order valence-electron chi connectivity index (χ3n) is 5.88. The van der Waals surface area contributed by atoms with Crippen LogP contribution in [0, 0.1) is 0 Å². The molecule has 0 aliphatic heterocycles. The van der Waals surface area contributed by atoms with Crippen LogP contribution in [-0.2, 0) is 13.2 Å². The highest BCUT2D eigenvalue weighted by molar-refractivity contribution is 8.00. The minimum absolute atomic E-state index is 0.133. The number of nitrogens with zero attached hydrogens (tertiary/aromatic N) is 2. The van der Waals surface area contributed by atoms with E-state index in [2.05, 4.69) is 4.57 Å². The highest BCUT2D eigenvalue weighted by Crippen LogP contribution is 2.37. The molecule has 9 heteroatoms. The van der Waals surface area contributed by atoms with Crippen molar-refractivity contribution < 1.29 is 22.7 Å². The van der Waals surface area contributed by atoms with Crippen molar-refractivity contribution in [3.05, 3.63) is 95.7 Å². The van der Waals surface area contributed by atoms with Crippen LogP contribution in [-0.4, -0.2) is 27.5 Å². The maximum absolute atomic E-state index is 12.8. The molecule has 1 aromatic heterocycles. The van der Waals surface area contributed by atoms with Gasteiger partial charge in [-0.3, -0.25) is 9.80 Å². The van der Waals surface area contributed by atoms with E-state index in [1.54, 1.807) is 18.2 Å². The van der Waals surface area contributed by atoms with Gasteiger partial charge in [0.1, 0.15) is 12.4 Å². The van der Waals surface area contributed by atoms with Gasteiger partial charge >= 0.3 is 5.51 Å². The molecule has 0 aliphatic carbocycles. The number of aromatic nitrogens is 1. The number of hydrogen-bond donors (Lipinski definition) is 1. The highest BCUT2D eigenvalue weighted by Gasteiger charge is 2.29. The number of hydrogen-bond acceptors (Lipinski definition) is 4. The molecule has 0 saturated carbocycles. The van der Waals surface area contributed by atoms with Crippen LogP contribution in [0.25, 0.3) is 10.9 Å². The Morgan fingerprint density at radius 1 is 1.03 bits per heavy atom. The number of halogens is 3. The molecule has 0 bridgehead atoms. The number of amides is 1. The molecule has 1 amide bonds. The Bertz CT molecular complexity index is 1340. The van der Waals surface area contributed by atoms with Crippen LogP contribution in [0.4, 0.5) is 13.2 Å². The fourth-order valence-corrected chi connectivity index (χ4v) is 4.56. The van der Waals surface area contributed by atoms with E-state index in [0.29, 0.717) is 18.7 Å². The van der Waals surface area contributed by atoms with E-state index < -0.39 is 5.51 Å². The van der Waals surface area contributed by atoms with Gasteiger partial charge in [-0.05, 0) is 72.3 Å². The van der Waals surface area contributed by atoms with Crippen molar-refractivity contribution in [1.29, 1.82) is 0 Å². The van der Waals surface area contributed by atoms with Gasteiger partial charge in [-0.1, -0.05) is 43.7 Å². The molecule has 0 aliphatic rings. The van der Waals surface area contributed by atoms with Gasteiger partial charge in [-0.25, -0.2) is 5.84 Å². The van der Waals surface area contributed by atoms with Gasteiger partial charge < -0.3 is 9.30 Å². The van der Waals surface area contributed by atoms with E-state index in [0.717, 1.165) is 40.8 Å². The number of rotatable bonds is 10. The molecule has 0 unspecified atom stereocenters. The largest absolute Gasteiger partial charge is 0.487 e. The van der Waals surface area contributed by atoms with E-state index in [-0.39, 0.29) is 29.2 Å². The quantitative estimate of drug-likeness (QED) is 0.104. The molecule has 0 radical (unpaired) electrons. The maximum Gasteiger partial charge on any atom is 0.446 e. The Labute approximate surface area is 218 Å². The summed E-state index contributed by atoms with van der Waals surface area (Å²) in [5.74, 6) is 6.44. The summed E-state index contributed by atoms with van der Waals surface area (Å²) in [5, 5.41) is 2.09. The number of fused-ring (bicyclic) bond motifs is 1. The summed E-state index contributed by atoms with van der Waals surface area (Å²) in [6.07, 6.45) is 1.76. The standard InChI is InChI=1S/C28H28F3N3O2S/c1-2-3-15-34(32)27(35)21-11-14-26-22(16-21)17-23(19-36-24-7-5-4-6-8-24)33(26)18-20-9-12-25(13-10-20)37-28(29,30)31/h4-14,16-17H,2-3,15,18-19,32H2,1H3. The van der Waals surface area contributed by atoms with E-state index in [4.69, 9.17) is 10.6 Å². The molecular formula is C28H28F3N3O2S. The predicted molar refractivity (Wildman–Crippen MR) is 140 cm³/mol. The number of ether oxygens (including phenoxy) is 1. The van der Waals surface area contributed by atoms with Crippen LogP contribution in [0.3, 0.4) is 0 Å². The molecule has 4 aromatic rings. The number of thioether (sulfide) groups is 1. The third-order valence-corrected chi connectivity index (χ3v) is 6.61. The first-order valence-corrected chi connectivity index (χ1v) is 12.8. The second kappa shape index (κ2) is 11.7. The Morgan fingerprint density at radius 3 is 2.43 bits per heavy atom. The summed E-state index contributed by atoms with van der Waals surface area (Å²) in [6.45, 7) is 3.23. The van der Waals surface area contributed by atoms with Gasteiger partial charge in [-0.15, -0.1) is 0 Å². The van der Waals surface area contributed by atoms with Crippen LogP contribution in [0.2, 0.25) is 0 Å². The second-order valence-corrected chi connectivity index (χ2v) is 9.78. The van der Waals surface area contributed by atoms with Crippen molar-refractivity contribution >= 4 is 28.6 Å². The van der Waals surface area contributed by atoms with Crippen molar-refractivity contribution in [2.24, 2.45) is 5.84 Å². The van der Waals surface area contributed by atoms with Crippen molar-refractivity contribution in [3.63, 3.8) is 0 Å². The van der Waals surface area contributed by atoms with Gasteiger partial charge in [0.15, 0.2) is 0 Å². The molecule has 194 valence electrons. The topological polar surface area (TPSA) is 60.5 Å². The summed E-state index contributed by atoms with van der Waals surface area (Å²) >= 11 is -0.133. The Kier molecular flexibility index (Phi) is 8.45. The molecule has 0 saturated heterocycles. The third kappa shape index (κ3) is 7.08. The first-order chi connectivity index (χ1) is 17.7. The van der Waals surface area contributed by atoms with Crippen LogP contribution in [0.1, 0.15) is 41.4 Å². The normalized spacial score (nSPS) is 11.6. The van der Waals surface area contributed by atoms with E-state index >= 15 is 0 Å². The molecule has 1 heterocycles. The van der Waals surface area contributed by atoms with Gasteiger partial charge in [0.25, 0.3) is 5.91 Å². The summed E-state index contributed by atoms with van der Waals surface area (Å²) in [4.78, 5) is 12.9. The van der Waals surface area contributed by atoms with Crippen molar-refractivity contribution in [2.75, 3.05) is 6.54 Å². The fraction of sp³-hybridized carbons (Fsp3) is 0.250. The average Bonchev–Trinajstić information content (AvgIpc) is 3.22. The average molecular weight is 528 g/mol. The summed E-state index contributed by atoms with van der Waals surface area (Å²) in [6, 6.07) is 23.2. The predicted octanol–water partition coefficient (Wildman–Crippen LogP) is 7.00. The lowest BCUT2D eigenvalue weighted by atomic mass is 10.1. The minimum atomic E-state index is -4.33. The molecule has 0 atom stereocenters. The molecular weight excluding hydrogens is 499 g/mol. The van der Waals surface area contributed by atoms with E-state index in [9.17, 15) is 18.0 Å². The second-order valence-electron chi connectivity index (χ2n) is 8.64. The van der Waals surface area contributed by atoms with Crippen LogP contribution >= 0.6 is 11.8 Å². The lowest BCUT2D eigenvalue weighted by Gasteiger charge is -2.16. The lowest BCUT2D eigenvalue weighted by molar-refractivity contribution is -0.0328. The number of alkyl halides is 3. The van der Waals surface area contributed by atoms with Gasteiger partial charge in [0, 0.05) is 34.5 Å². The first-order valence-electron chi connectivity index (χ1n) is 11.9. The lowest BCUT2D eigenvalue weighted by Crippen LogP contribution is -2.38. The fourth-order valence-electron chi connectivity index (χ4n) is 4.02. The number of unbranched alkanes of at least 4 members (excludes halogenated alkanes) is 1. The number of carbonyl (C=O) groups is 1. The molecule has 0 spiro atoms. The maximum atomic E-state index is 12.8. The van der Waals surface area contributed by atoms with Crippen LogP contribution < -0.4 is 10.6 Å². The Hall–Kier alpha value is -3.43. The number of para-hydroxylation sites is 1. The number of nitrogens with two attached hydrogens (primary N) is 1. The molecule has 5 nitrogen and oxygen atoms in total. The number of carbonyl (C=O) groups excluding carboxylic acids is 1. The highest BCUT2D eigenvalue weighted by atomic mass is 32.2. The number of benzene rings is 3. The minimum Gasteiger partial charge on any atom is -0.487 e. The van der Waals surface area contributed by atoms with Crippen molar-refractivity contribution in [1.82, 2.24) is 9.58 Å². The summed E-state index contributed by atoms with van der Waals surface area (Å²) in [7, 11) is 0. The first kappa shape index (κ1) is 26.6. The molecule has 2 N–H and O–H groups in total. The molecule has 0 fully saturated rings. The zero-order chi connectivity index (χ0) is 26.4. The van der Waals surface area contributed by atoms with E-state index in [1.807, 2.05) is 55.5 Å². The van der Waals surface area contributed by atoms with Crippen molar-refractivity contribution in [3.8, 4) is 5.75 Å². The van der Waals surface area contributed by atoms with Crippen molar-refractivity contribution in [2.45, 2.75) is 43.3 Å². The van der Waals surface area contributed by atoms with Crippen LogP contribution in [0.15, 0.2) is 83.8 Å². The Balaban J connectivity index is 1.63. The monoisotopic (exact) mass is 527 g/mol. The SMILES string of the molecule is CCCCN(N)C(=O)c1ccc2c(c1)cc(COc1ccccc1)n2Cc1ccc(SC(F)(F)F)cc1. The van der Waals surface area contributed by atoms with Gasteiger partial charge in [0.2, 0.25) is 0 Å². The van der Waals surface area contributed by atoms with Gasteiger partial charge in [0.05, 0.1) is 5.69 Å². The summed E-state index contributed by atoms with van der Waals surface area (Å²) in [5.41, 5.74) is -1.24. The molecule has 4 rings (SSSR count). The van der Waals surface area contributed by atoms with Gasteiger partial charge in [-0.2, -0.15) is 13.2 Å². The summed E-state index contributed by atoms with van der Waals surface area (Å²) < 4.78 is 46.2. The van der Waals surface area contributed by atoms with E-state index in [1.165, 1.54) is 17.1 Å².